The third kappa shape index (κ3) is 3.23. The number of nitrogens with zero attached hydrogens (tertiary/aromatic N) is 1. The van der Waals surface area contributed by atoms with Gasteiger partial charge in [-0.3, -0.25) is 0 Å². The third-order valence-corrected chi connectivity index (χ3v) is 3.64. The maximum absolute atomic E-state index is 3.46. The van der Waals surface area contributed by atoms with E-state index in [2.05, 4.69) is 66.0 Å². The van der Waals surface area contributed by atoms with E-state index in [0.29, 0.717) is 6.04 Å². The average molecular weight is 270 g/mol. The molecule has 0 heterocycles. The van der Waals surface area contributed by atoms with Crippen LogP contribution >= 0.6 is 15.9 Å². The van der Waals surface area contributed by atoms with Gasteiger partial charge in [-0.05, 0) is 30.5 Å². The van der Waals surface area contributed by atoms with Gasteiger partial charge in [0.2, 0.25) is 0 Å². The predicted octanol–water partition coefficient (Wildman–Crippen LogP) is 4.21. The van der Waals surface area contributed by atoms with Crippen LogP contribution in [0.25, 0.3) is 0 Å². The summed E-state index contributed by atoms with van der Waals surface area (Å²) in [5.74, 6) is 0. The summed E-state index contributed by atoms with van der Waals surface area (Å²) in [4.78, 5) is 2.37. The number of hydrogen-bond donors (Lipinski definition) is 0. The van der Waals surface area contributed by atoms with E-state index < -0.39 is 0 Å². The second-order valence-corrected chi connectivity index (χ2v) is 4.44. The molecule has 0 fully saturated rings. The monoisotopic (exact) mass is 269 g/mol. The standard InChI is InChI=1S/C13H20BrN/c1-4-12(5-2)15(3)13-8-6-11(10-14)7-9-13/h6-9,12H,4-5,10H2,1-3H3. The first-order valence-electron chi connectivity index (χ1n) is 5.60. The Kier molecular flexibility index (Phi) is 5.16. The quantitative estimate of drug-likeness (QED) is 0.724. The van der Waals surface area contributed by atoms with Gasteiger partial charge in [-0.2, -0.15) is 0 Å². The van der Waals surface area contributed by atoms with Gasteiger partial charge in [0.15, 0.2) is 0 Å². The van der Waals surface area contributed by atoms with Gasteiger partial charge in [0, 0.05) is 24.1 Å². The molecule has 2 heteroatoms. The lowest BCUT2D eigenvalue weighted by Gasteiger charge is -2.28. The second-order valence-electron chi connectivity index (χ2n) is 3.88. The minimum absolute atomic E-state index is 0.653. The fourth-order valence-corrected chi connectivity index (χ4v) is 2.24. The highest BCUT2D eigenvalue weighted by atomic mass is 79.9. The van der Waals surface area contributed by atoms with Crippen LogP contribution in [0.5, 0.6) is 0 Å². The van der Waals surface area contributed by atoms with Crippen LogP contribution in [-0.4, -0.2) is 13.1 Å². The van der Waals surface area contributed by atoms with E-state index in [4.69, 9.17) is 0 Å². The van der Waals surface area contributed by atoms with Crippen molar-refractivity contribution in [2.45, 2.75) is 38.1 Å². The van der Waals surface area contributed by atoms with Gasteiger partial charge in [0.05, 0.1) is 0 Å². The fraction of sp³-hybridized carbons (Fsp3) is 0.538. The summed E-state index contributed by atoms with van der Waals surface area (Å²) in [6.45, 7) is 4.50. The highest BCUT2D eigenvalue weighted by molar-refractivity contribution is 9.08. The third-order valence-electron chi connectivity index (χ3n) is 2.99. The topological polar surface area (TPSA) is 3.24 Å². The molecule has 1 nitrogen and oxygen atoms in total. The summed E-state index contributed by atoms with van der Waals surface area (Å²) in [7, 11) is 2.18. The fourth-order valence-electron chi connectivity index (χ4n) is 1.87. The van der Waals surface area contributed by atoms with Crippen molar-refractivity contribution in [3.8, 4) is 0 Å². The summed E-state index contributed by atoms with van der Waals surface area (Å²) in [6, 6.07) is 9.43. The molecule has 0 spiro atoms. The highest BCUT2D eigenvalue weighted by Gasteiger charge is 2.10. The number of halogens is 1. The van der Waals surface area contributed by atoms with Crippen molar-refractivity contribution >= 4 is 21.6 Å². The largest absolute Gasteiger partial charge is 0.372 e. The molecule has 84 valence electrons. The molecule has 0 amide bonds. The second kappa shape index (κ2) is 6.16. The molecule has 0 N–H and O–H groups in total. The summed E-state index contributed by atoms with van der Waals surface area (Å²) < 4.78 is 0. The molecule has 0 bridgehead atoms. The maximum Gasteiger partial charge on any atom is 0.0366 e. The van der Waals surface area contributed by atoms with Gasteiger partial charge in [0.25, 0.3) is 0 Å². The van der Waals surface area contributed by atoms with Gasteiger partial charge < -0.3 is 4.90 Å². The van der Waals surface area contributed by atoms with Crippen molar-refractivity contribution in [3.05, 3.63) is 29.8 Å². The molecule has 0 aliphatic carbocycles. The summed E-state index contributed by atoms with van der Waals surface area (Å²) in [5, 5.41) is 0.933. The molecule has 0 aliphatic heterocycles. The summed E-state index contributed by atoms with van der Waals surface area (Å²) >= 11 is 3.46. The van der Waals surface area contributed by atoms with Crippen molar-refractivity contribution in [3.63, 3.8) is 0 Å². The van der Waals surface area contributed by atoms with Crippen LogP contribution < -0.4 is 4.90 Å². The Morgan fingerprint density at radius 1 is 1.13 bits per heavy atom. The lowest BCUT2D eigenvalue weighted by molar-refractivity contribution is 0.591. The molecular weight excluding hydrogens is 250 g/mol. The Hall–Kier alpha value is -0.500. The Morgan fingerprint density at radius 2 is 1.67 bits per heavy atom. The van der Waals surface area contributed by atoms with E-state index in [1.807, 2.05) is 0 Å². The van der Waals surface area contributed by atoms with E-state index in [9.17, 15) is 0 Å². The van der Waals surface area contributed by atoms with Crippen LogP contribution in [0.1, 0.15) is 32.3 Å². The minimum Gasteiger partial charge on any atom is -0.372 e. The first kappa shape index (κ1) is 12.6. The Labute approximate surface area is 102 Å². The van der Waals surface area contributed by atoms with E-state index >= 15 is 0 Å². The SMILES string of the molecule is CCC(CC)N(C)c1ccc(CBr)cc1. The van der Waals surface area contributed by atoms with Crippen LogP contribution in [-0.2, 0) is 5.33 Å². The molecule has 0 saturated carbocycles. The molecule has 0 saturated heterocycles. The smallest absolute Gasteiger partial charge is 0.0366 e. The number of rotatable bonds is 5. The zero-order chi connectivity index (χ0) is 11.3. The molecule has 1 aromatic rings. The number of anilines is 1. The van der Waals surface area contributed by atoms with E-state index in [0.717, 1.165) is 5.33 Å². The molecule has 0 aromatic heterocycles. The van der Waals surface area contributed by atoms with Crippen LogP contribution in [0.3, 0.4) is 0 Å². The zero-order valence-corrected chi connectivity index (χ0v) is 11.4. The van der Waals surface area contributed by atoms with E-state index in [1.165, 1.54) is 24.1 Å². The lowest BCUT2D eigenvalue weighted by Crippen LogP contribution is -2.30. The highest BCUT2D eigenvalue weighted by Crippen LogP contribution is 2.19. The van der Waals surface area contributed by atoms with Crippen molar-refractivity contribution in [2.75, 3.05) is 11.9 Å². The first-order valence-corrected chi connectivity index (χ1v) is 6.72. The van der Waals surface area contributed by atoms with Crippen LogP contribution in [0.4, 0.5) is 5.69 Å². The first-order chi connectivity index (χ1) is 7.22. The predicted molar refractivity (Wildman–Crippen MR) is 71.8 cm³/mol. The molecule has 0 aliphatic rings. The van der Waals surface area contributed by atoms with Crippen LogP contribution in [0.2, 0.25) is 0 Å². The van der Waals surface area contributed by atoms with Crippen molar-refractivity contribution in [1.82, 2.24) is 0 Å². The lowest BCUT2D eigenvalue weighted by atomic mass is 10.1. The van der Waals surface area contributed by atoms with Crippen LogP contribution in [0, 0.1) is 0 Å². The van der Waals surface area contributed by atoms with Gasteiger partial charge in [-0.25, -0.2) is 0 Å². The molecule has 1 aromatic carbocycles. The number of hydrogen-bond acceptors (Lipinski definition) is 1. The molecular formula is C13H20BrN. The van der Waals surface area contributed by atoms with Crippen molar-refractivity contribution in [2.24, 2.45) is 0 Å². The zero-order valence-electron chi connectivity index (χ0n) is 9.83. The van der Waals surface area contributed by atoms with Gasteiger partial charge in [0.1, 0.15) is 0 Å². The molecule has 1 rings (SSSR count). The number of alkyl halides is 1. The summed E-state index contributed by atoms with van der Waals surface area (Å²) in [6.07, 6.45) is 2.40. The normalized spacial score (nSPS) is 10.7. The van der Waals surface area contributed by atoms with Gasteiger partial charge in [-0.1, -0.05) is 41.9 Å². The molecule has 15 heavy (non-hydrogen) atoms. The Bertz CT molecular complexity index is 277. The molecule has 0 atom stereocenters. The van der Waals surface area contributed by atoms with E-state index in [1.54, 1.807) is 0 Å². The average Bonchev–Trinajstić information content (AvgIpc) is 2.30. The molecule has 0 radical (unpaired) electrons. The van der Waals surface area contributed by atoms with Crippen molar-refractivity contribution < 1.29 is 0 Å². The van der Waals surface area contributed by atoms with Gasteiger partial charge >= 0.3 is 0 Å². The van der Waals surface area contributed by atoms with Crippen LogP contribution in [0.15, 0.2) is 24.3 Å². The van der Waals surface area contributed by atoms with Gasteiger partial charge in [-0.15, -0.1) is 0 Å². The summed E-state index contributed by atoms with van der Waals surface area (Å²) in [5.41, 5.74) is 2.64. The Morgan fingerprint density at radius 3 is 2.07 bits per heavy atom. The Balaban J connectivity index is 2.76. The minimum atomic E-state index is 0.653. The van der Waals surface area contributed by atoms with Crippen molar-refractivity contribution in [1.29, 1.82) is 0 Å². The number of benzene rings is 1. The maximum atomic E-state index is 3.46. The molecule has 0 unspecified atom stereocenters. The van der Waals surface area contributed by atoms with E-state index in [-0.39, 0.29) is 0 Å².